The van der Waals surface area contributed by atoms with Crippen LogP contribution in [-0.2, 0) is 6.54 Å². The van der Waals surface area contributed by atoms with Crippen molar-refractivity contribution in [2.45, 2.75) is 31.8 Å². The molecule has 1 aromatic heterocycles. The Morgan fingerprint density at radius 3 is 3.00 bits per heavy atom. The SMILES string of the molecule is O=C(O)c1occc1CNC1CCC1. The molecule has 1 heterocycles. The Hall–Kier alpha value is -1.29. The molecule has 1 saturated carbocycles. The largest absolute Gasteiger partial charge is 0.475 e. The van der Waals surface area contributed by atoms with Crippen molar-refractivity contribution in [3.05, 3.63) is 23.7 Å². The van der Waals surface area contributed by atoms with E-state index in [1.165, 1.54) is 25.5 Å². The van der Waals surface area contributed by atoms with Crippen molar-refractivity contribution in [1.29, 1.82) is 0 Å². The number of furan rings is 1. The van der Waals surface area contributed by atoms with Gasteiger partial charge in [0.25, 0.3) is 0 Å². The van der Waals surface area contributed by atoms with Gasteiger partial charge >= 0.3 is 5.97 Å². The first-order valence-corrected chi connectivity index (χ1v) is 4.80. The van der Waals surface area contributed by atoms with Crippen LogP contribution in [0, 0.1) is 0 Å². The average molecular weight is 195 g/mol. The lowest BCUT2D eigenvalue weighted by Gasteiger charge is -2.26. The summed E-state index contributed by atoms with van der Waals surface area (Å²) in [6.07, 6.45) is 5.08. The van der Waals surface area contributed by atoms with Crippen LogP contribution in [0.15, 0.2) is 16.7 Å². The van der Waals surface area contributed by atoms with E-state index in [0.717, 1.165) is 5.56 Å². The number of carboxylic acids is 1. The second-order valence-electron chi connectivity index (χ2n) is 3.59. The fourth-order valence-electron chi connectivity index (χ4n) is 1.53. The predicted molar refractivity (Wildman–Crippen MR) is 50.1 cm³/mol. The number of aromatic carboxylic acids is 1. The molecule has 2 N–H and O–H groups in total. The summed E-state index contributed by atoms with van der Waals surface area (Å²) in [6.45, 7) is 0.586. The van der Waals surface area contributed by atoms with E-state index in [4.69, 9.17) is 9.52 Å². The molecule has 1 aliphatic carbocycles. The molecule has 2 rings (SSSR count). The second-order valence-corrected chi connectivity index (χ2v) is 3.59. The number of carbonyl (C=O) groups is 1. The Balaban J connectivity index is 1.94. The summed E-state index contributed by atoms with van der Waals surface area (Å²) in [6, 6.07) is 2.27. The summed E-state index contributed by atoms with van der Waals surface area (Å²) in [7, 11) is 0. The Bertz CT molecular complexity index is 328. The summed E-state index contributed by atoms with van der Waals surface area (Å²) < 4.78 is 4.87. The maximum absolute atomic E-state index is 10.7. The van der Waals surface area contributed by atoms with Crippen LogP contribution in [0.25, 0.3) is 0 Å². The molecular formula is C10H13NO3. The Morgan fingerprint density at radius 1 is 1.64 bits per heavy atom. The van der Waals surface area contributed by atoms with Gasteiger partial charge < -0.3 is 14.8 Å². The first-order valence-electron chi connectivity index (χ1n) is 4.80. The van der Waals surface area contributed by atoms with Gasteiger partial charge in [-0.2, -0.15) is 0 Å². The fourth-order valence-corrected chi connectivity index (χ4v) is 1.53. The van der Waals surface area contributed by atoms with E-state index in [1.807, 2.05) is 0 Å². The topological polar surface area (TPSA) is 62.5 Å². The molecule has 1 aromatic rings. The van der Waals surface area contributed by atoms with Crippen molar-refractivity contribution in [2.24, 2.45) is 0 Å². The summed E-state index contributed by atoms with van der Waals surface area (Å²) in [5, 5.41) is 12.1. The molecule has 0 aliphatic heterocycles. The van der Waals surface area contributed by atoms with Crippen molar-refractivity contribution in [3.63, 3.8) is 0 Å². The number of rotatable bonds is 4. The zero-order chi connectivity index (χ0) is 9.97. The van der Waals surface area contributed by atoms with E-state index >= 15 is 0 Å². The van der Waals surface area contributed by atoms with Gasteiger partial charge in [-0.1, -0.05) is 6.42 Å². The van der Waals surface area contributed by atoms with Crippen LogP contribution in [0.5, 0.6) is 0 Å². The molecule has 0 bridgehead atoms. The van der Waals surface area contributed by atoms with E-state index in [2.05, 4.69) is 5.32 Å². The van der Waals surface area contributed by atoms with Gasteiger partial charge in [0, 0.05) is 18.2 Å². The minimum atomic E-state index is -1.000. The fraction of sp³-hybridized carbons (Fsp3) is 0.500. The summed E-state index contributed by atoms with van der Waals surface area (Å²) in [4.78, 5) is 10.7. The van der Waals surface area contributed by atoms with Gasteiger partial charge in [0.2, 0.25) is 5.76 Å². The third-order valence-corrected chi connectivity index (χ3v) is 2.63. The molecule has 0 saturated heterocycles. The smallest absolute Gasteiger partial charge is 0.372 e. The van der Waals surface area contributed by atoms with Crippen LogP contribution >= 0.6 is 0 Å². The molecule has 0 amide bonds. The van der Waals surface area contributed by atoms with Gasteiger partial charge in [-0.3, -0.25) is 0 Å². The number of nitrogens with one attached hydrogen (secondary N) is 1. The van der Waals surface area contributed by atoms with Crippen molar-refractivity contribution >= 4 is 5.97 Å². The predicted octanol–water partition coefficient (Wildman–Crippen LogP) is 1.62. The van der Waals surface area contributed by atoms with Crippen molar-refractivity contribution in [3.8, 4) is 0 Å². The maximum atomic E-state index is 10.7. The van der Waals surface area contributed by atoms with E-state index in [1.54, 1.807) is 6.07 Å². The summed E-state index contributed by atoms with van der Waals surface area (Å²) in [5.74, 6) is -0.947. The third kappa shape index (κ3) is 1.80. The Kier molecular flexibility index (Phi) is 2.54. The van der Waals surface area contributed by atoms with Crippen LogP contribution in [0.4, 0.5) is 0 Å². The van der Waals surface area contributed by atoms with Gasteiger partial charge in [0.1, 0.15) is 0 Å². The zero-order valence-corrected chi connectivity index (χ0v) is 7.82. The maximum Gasteiger partial charge on any atom is 0.372 e. The van der Waals surface area contributed by atoms with Gasteiger partial charge in [-0.05, 0) is 18.9 Å². The molecule has 0 unspecified atom stereocenters. The number of hydrogen-bond acceptors (Lipinski definition) is 3. The third-order valence-electron chi connectivity index (χ3n) is 2.63. The monoisotopic (exact) mass is 195 g/mol. The Morgan fingerprint density at radius 2 is 2.43 bits per heavy atom. The highest BCUT2D eigenvalue weighted by Gasteiger charge is 2.19. The summed E-state index contributed by atoms with van der Waals surface area (Å²) in [5.41, 5.74) is 0.726. The highest BCUT2D eigenvalue weighted by molar-refractivity contribution is 5.86. The molecule has 76 valence electrons. The molecule has 4 heteroatoms. The molecule has 0 atom stereocenters. The van der Waals surface area contributed by atoms with Crippen LogP contribution in [0.2, 0.25) is 0 Å². The second kappa shape index (κ2) is 3.84. The first-order chi connectivity index (χ1) is 6.77. The van der Waals surface area contributed by atoms with Crippen LogP contribution in [0.3, 0.4) is 0 Å². The van der Waals surface area contributed by atoms with E-state index in [9.17, 15) is 4.79 Å². The molecule has 1 fully saturated rings. The van der Waals surface area contributed by atoms with E-state index in [-0.39, 0.29) is 5.76 Å². The van der Waals surface area contributed by atoms with Gasteiger partial charge in [0.15, 0.2) is 0 Å². The number of carboxylic acid groups (broad SMARTS) is 1. The lowest BCUT2D eigenvalue weighted by molar-refractivity contribution is 0.0660. The molecule has 0 radical (unpaired) electrons. The molecule has 14 heavy (non-hydrogen) atoms. The molecule has 4 nitrogen and oxygen atoms in total. The van der Waals surface area contributed by atoms with Crippen LogP contribution in [0.1, 0.15) is 35.4 Å². The van der Waals surface area contributed by atoms with Gasteiger partial charge in [-0.15, -0.1) is 0 Å². The quantitative estimate of drug-likeness (QED) is 0.766. The first kappa shape index (κ1) is 9.27. The standard InChI is InChI=1S/C10H13NO3/c12-10(13)9-7(4-5-14-9)6-11-8-2-1-3-8/h4-5,8,11H,1-3,6H2,(H,12,13). The molecular weight excluding hydrogens is 182 g/mol. The average Bonchev–Trinajstić information content (AvgIpc) is 2.49. The molecule has 0 aromatic carbocycles. The van der Waals surface area contributed by atoms with Crippen LogP contribution < -0.4 is 5.32 Å². The molecule has 0 spiro atoms. The van der Waals surface area contributed by atoms with E-state index in [0.29, 0.717) is 12.6 Å². The van der Waals surface area contributed by atoms with E-state index < -0.39 is 5.97 Å². The Labute approximate surface area is 81.9 Å². The summed E-state index contributed by atoms with van der Waals surface area (Å²) >= 11 is 0. The van der Waals surface area contributed by atoms with Crippen LogP contribution in [-0.4, -0.2) is 17.1 Å². The minimum absolute atomic E-state index is 0.0526. The normalized spacial score (nSPS) is 16.6. The number of hydrogen-bond donors (Lipinski definition) is 2. The van der Waals surface area contributed by atoms with Crippen molar-refractivity contribution < 1.29 is 14.3 Å². The van der Waals surface area contributed by atoms with Crippen molar-refractivity contribution in [2.75, 3.05) is 0 Å². The zero-order valence-electron chi connectivity index (χ0n) is 7.82. The minimum Gasteiger partial charge on any atom is -0.475 e. The van der Waals surface area contributed by atoms with Gasteiger partial charge in [-0.25, -0.2) is 4.79 Å². The highest BCUT2D eigenvalue weighted by atomic mass is 16.4. The van der Waals surface area contributed by atoms with Crippen molar-refractivity contribution in [1.82, 2.24) is 5.32 Å². The van der Waals surface area contributed by atoms with Gasteiger partial charge in [0.05, 0.1) is 6.26 Å². The molecule has 1 aliphatic rings. The lowest BCUT2D eigenvalue weighted by atomic mass is 9.93. The lowest BCUT2D eigenvalue weighted by Crippen LogP contribution is -2.34. The highest BCUT2D eigenvalue weighted by Crippen LogP contribution is 2.19.